The van der Waals surface area contributed by atoms with Crippen LogP contribution in [0, 0.1) is 0 Å². The number of alkyl halides is 3. The first-order chi connectivity index (χ1) is 11.6. The van der Waals surface area contributed by atoms with E-state index in [4.69, 9.17) is 0 Å². The maximum absolute atomic E-state index is 13.5. The number of rotatable bonds is 4. The highest BCUT2D eigenvalue weighted by Gasteiger charge is 2.48. The third-order valence-corrected chi connectivity index (χ3v) is 5.05. The lowest BCUT2D eigenvalue weighted by molar-refractivity contribution is -0.157. The molecule has 0 bridgehead atoms. The third kappa shape index (κ3) is 4.53. The van der Waals surface area contributed by atoms with Crippen molar-refractivity contribution in [3.05, 3.63) is 24.3 Å². The Kier molecular flexibility index (Phi) is 5.76. The van der Waals surface area contributed by atoms with Gasteiger partial charge in [-0.2, -0.15) is 13.2 Å². The largest absolute Gasteiger partial charge is 0.409 e. The topological polar surface area (TPSA) is 66.5 Å². The molecular formula is C16H17F3N2O3S. The highest BCUT2D eigenvalue weighted by molar-refractivity contribution is 8.01. The number of halogens is 3. The number of anilines is 2. The van der Waals surface area contributed by atoms with Crippen molar-refractivity contribution < 1.29 is 27.6 Å². The summed E-state index contributed by atoms with van der Waals surface area (Å²) >= 11 is 0.968. The Morgan fingerprint density at radius 2 is 2.00 bits per heavy atom. The Hall–Kier alpha value is -2.03. The minimum atomic E-state index is -4.76. The van der Waals surface area contributed by atoms with Crippen LogP contribution >= 0.6 is 11.8 Å². The van der Waals surface area contributed by atoms with E-state index in [2.05, 4.69) is 5.32 Å². The number of amides is 2. The first kappa shape index (κ1) is 19.3. The van der Waals surface area contributed by atoms with Gasteiger partial charge in [0.15, 0.2) is 0 Å². The lowest BCUT2D eigenvalue weighted by Crippen LogP contribution is -2.50. The molecule has 2 atom stereocenters. The number of carbonyl (C=O) groups is 3. The van der Waals surface area contributed by atoms with Crippen LogP contribution in [0.2, 0.25) is 0 Å². The lowest BCUT2D eigenvalue weighted by Gasteiger charge is -2.31. The molecule has 0 aromatic heterocycles. The molecule has 0 fully saturated rings. The number of hydrogen-bond donors (Lipinski definition) is 1. The molecule has 0 spiro atoms. The van der Waals surface area contributed by atoms with Crippen LogP contribution in [-0.2, 0) is 14.4 Å². The SMILES string of the molecule is CC(=O)[C@H](C)SCC(=O)N1c2ccccc2NC(=O)C[C@@H]1C(F)(F)F. The summed E-state index contributed by atoms with van der Waals surface area (Å²) in [5.41, 5.74) is 0.147. The summed E-state index contributed by atoms with van der Waals surface area (Å²) < 4.78 is 40.5. The third-order valence-electron chi connectivity index (χ3n) is 3.80. The molecule has 2 rings (SSSR count). The molecule has 0 aliphatic carbocycles. The summed E-state index contributed by atoms with van der Waals surface area (Å²) in [6.07, 6.45) is -5.64. The molecule has 1 aliphatic rings. The Bertz CT molecular complexity index is 693. The number of ketones is 1. The van der Waals surface area contributed by atoms with Gasteiger partial charge in [0.25, 0.3) is 0 Å². The summed E-state index contributed by atoms with van der Waals surface area (Å²) in [4.78, 5) is 36.3. The van der Waals surface area contributed by atoms with Crippen LogP contribution in [0.3, 0.4) is 0 Å². The second-order valence-corrected chi connectivity index (χ2v) is 6.98. The van der Waals surface area contributed by atoms with Crippen LogP contribution in [0.4, 0.5) is 24.5 Å². The van der Waals surface area contributed by atoms with Gasteiger partial charge < -0.3 is 5.32 Å². The summed E-state index contributed by atoms with van der Waals surface area (Å²) in [5, 5.41) is 1.89. The normalized spacial score (nSPS) is 18.8. The Morgan fingerprint density at radius 1 is 1.36 bits per heavy atom. The average Bonchev–Trinajstić information content (AvgIpc) is 2.67. The maximum Gasteiger partial charge on any atom is 0.409 e. The van der Waals surface area contributed by atoms with Gasteiger partial charge in [0, 0.05) is 0 Å². The van der Waals surface area contributed by atoms with Gasteiger partial charge in [-0.1, -0.05) is 12.1 Å². The highest BCUT2D eigenvalue weighted by atomic mass is 32.2. The number of nitrogens with one attached hydrogen (secondary N) is 1. The first-order valence-electron chi connectivity index (χ1n) is 7.51. The van der Waals surface area contributed by atoms with Gasteiger partial charge >= 0.3 is 6.18 Å². The average molecular weight is 374 g/mol. The van der Waals surface area contributed by atoms with Gasteiger partial charge in [-0.3, -0.25) is 19.3 Å². The first-order valence-corrected chi connectivity index (χ1v) is 8.56. The van der Waals surface area contributed by atoms with Crippen LogP contribution in [0.15, 0.2) is 24.3 Å². The Labute approximate surface area is 146 Å². The molecule has 9 heteroatoms. The van der Waals surface area contributed by atoms with Crippen molar-refractivity contribution in [1.29, 1.82) is 0 Å². The molecule has 1 N–H and O–H groups in total. The quantitative estimate of drug-likeness (QED) is 0.880. The van der Waals surface area contributed by atoms with E-state index in [0.717, 1.165) is 11.8 Å². The van der Waals surface area contributed by atoms with Crippen molar-refractivity contribution in [1.82, 2.24) is 0 Å². The molecule has 25 heavy (non-hydrogen) atoms. The Balaban J connectivity index is 2.39. The van der Waals surface area contributed by atoms with E-state index in [1.165, 1.54) is 25.1 Å². The van der Waals surface area contributed by atoms with Gasteiger partial charge in [0.05, 0.1) is 28.8 Å². The van der Waals surface area contributed by atoms with Crippen LogP contribution in [0.5, 0.6) is 0 Å². The summed E-state index contributed by atoms with van der Waals surface area (Å²) in [6.45, 7) is 2.94. The van der Waals surface area contributed by atoms with Crippen molar-refractivity contribution in [3.8, 4) is 0 Å². The smallest absolute Gasteiger partial charge is 0.324 e. The van der Waals surface area contributed by atoms with Crippen LogP contribution in [0.1, 0.15) is 20.3 Å². The molecule has 2 amide bonds. The van der Waals surface area contributed by atoms with E-state index in [9.17, 15) is 27.6 Å². The molecule has 1 heterocycles. The molecule has 0 saturated heterocycles. The van der Waals surface area contributed by atoms with Crippen LogP contribution in [-0.4, -0.2) is 40.8 Å². The molecule has 1 aromatic carbocycles. The van der Waals surface area contributed by atoms with E-state index in [1.54, 1.807) is 13.0 Å². The van der Waals surface area contributed by atoms with Crippen molar-refractivity contribution in [2.24, 2.45) is 0 Å². The van der Waals surface area contributed by atoms with Crippen molar-refractivity contribution in [2.45, 2.75) is 37.7 Å². The molecule has 5 nitrogen and oxygen atoms in total. The summed E-state index contributed by atoms with van der Waals surface area (Å²) in [7, 11) is 0. The fourth-order valence-electron chi connectivity index (χ4n) is 2.38. The monoisotopic (exact) mass is 374 g/mol. The molecule has 136 valence electrons. The zero-order valence-corrected chi connectivity index (χ0v) is 14.4. The van der Waals surface area contributed by atoms with Gasteiger partial charge in [0.1, 0.15) is 11.8 Å². The number of para-hydroxylation sites is 2. The molecule has 0 radical (unpaired) electrons. The summed E-state index contributed by atoms with van der Waals surface area (Å²) in [6, 6.07) is 3.60. The van der Waals surface area contributed by atoms with E-state index < -0.39 is 35.7 Å². The fraction of sp³-hybridized carbons (Fsp3) is 0.438. The Morgan fingerprint density at radius 3 is 2.60 bits per heavy atom. The number of nitrogens with zero attached hydrogens (tertiary/aromatic N) is 1. The number of hydrogen-bond acceptors (Lipinski definition) is 4. The predicted octanol–water partition coefficient (Wildman–Crippen LogP) is 3.00. The minimum Gasteiger partial charge on any atom is -0.324 e. The highest BCUT2D eigenvalue weighted by Crippen LogP contribution is 2.38. The standard InChI is InChI=1S/C16H17F3N2O3S/c1-9(22)10(2)25-8-15(24)21-12-6-4-3-5-11(12)20-14(23)7-13(21)16(17,18)19/h3-6,10,13H,7-8H2,1-2H3,(H,20,23)/t10-,13+/m0/s1. The van der Waals surface area contributed by atoms with Gasteiger partial charge in [0.2, 0.25) is 11.8 Å². The maximum atomic E-state index is 13.5. The number of benzene rings is 1. The zero-order chi connectivity index (χ0) is 18.8. The lowest BCUT2D eigenvalue weighted by atomic mass is 10.1. The van der Waals surface area contributed by atoms with Crippen molar-refractivity contribution in [3.63, 3.8) is 0 Å². The van der Waals surface area contributed by atoms with Crippen LogP contribution in [0.25, 0.3) is 0 Å². The molecule has 0 saturated carbocycles. The van der Waals surface area contributed by atoms with Crippen LogP contribution < -0.4 is 10.2 Å². The molecule has 1 aromatic rings. The zero-order valence-electron chi connectivity index (χ0n) is 13.6. The fourth-order valence-corrected chi connectivity index (χ4v) is 3.15. The van der Waals surface area contributed by atoms with E-state index in [1.807, 2.05) is 0 Å². The van der Waals surface area contributed by atoms with E-state index >= 15 is 0 Å². The number of thioether (sulfide) groups is 1. The molecular weight excluding hydrogens is 357 g/mol. The minimum absolute atomic E-state index is 0.00301. The number of Topliss-reactive ketones (excluding diaryl/α,β-unsaturated/α-hetero) is 1. The molecule has 1 aliphatic heterocycles. The predicted molar refractivity (Wildman–Crippen MR) is 89.6 cm³/mol. The van der Waals surface area contributed by atoms with Gasteiger partial charge in [-0.15, -0.1) is 11.8 Å². The second kappa shape index (κ2) is 7.47. The second-order valence-electron chi connectivity index (χ2n) is 5.65. The van der Waals surface area contributed by atoms with Gasteiger partial charge in [-0.05, 0) is 26.0 Å². The molecule has 0 unspecified atom stereocenters. The van der Waals surface area contributed by atoms with E-state index in [-0.39, 0.29) is 22.9 Å². The van der Waals surface area contributed by atoms with Crippen molar-refractivity contribution >= 4 is 40.7 Å². The van der Waals surface area contributed by atoms with Gasteiger partial charge in [-0.25, -0.2) is 0 Å². The number of fused-ring (bicyclic) bond motifs is 1. The number of carbonyl (C=O) groups excluding carboxylic acids is 3. The summed E-state index contributed by atoms with van der Waals surface area (Å²) in [5.74, 6) is -2.08. The van der Waals surface area contributed by atoms with Crippen molar-refractivity contribution in [2.75, 3.05) is 16.0 Å². The van der Waals surface area contributed by atoms with E-state index in [0.29, 0.717) is 4.90 Å².